The van der Waals surface area contributed by atoms with Gasteiger partial charge in [0.05, 0.1) is 0 Å². The van der Waals surface area contributed by atoms with Crippen LogP contribution in [0.25, 0.3) is 0 Å². The van der Waals surface area contributed by atoms with Crippen molar-refractivity contribution in [3.05, 3.63) is 69.4 Å². The van der Waals surface area contributed by atoms with Crippen LogP contribution in [0.1, 0.15) is 43.6 Å². The summed E-state index contributed by atoms with van der Waals surface area (Å²) in [5, 5.41) is 13.4. The number of carbonyl (C=O) groups is 3. The maximum absolute atomic E-state index is 13.0. The van der Waals surface area contributed by atoms with Crippen molar-refractivity contribution in [3.8, 4) is 0 Å². The lowest BCUT2D eigenvalue weighted by Gasteiger charge is -2.30. The smallest absolute Gasteiger partial charge is 0.286 e. The van der Waals surface area contributed by atoms with Crippen molar-refractivity contribution in [2.45, 2.75) is 26.7 Å². The minimum atomic E-state index is -0.523. The van der Waals surface area contributed by atoms with Crippen LogP contribution in [-0.4, -0.2) is 45.9 Å². The molecule has 0 saturated carbocycles. The van der Waals surface area contributed by atoms with Crippen LogP contribution >= 0.6 is 11.3 Å². The van der Waals surface area contributed by atoms with Gasteiger partial charge in [-0.1, -0.05) is 23.5 Å². The number of piperidine rings is 1. The number of aryl methyl sites for hydroxylation is 1. The molecule has 0 unspecified atom stereocenters. The fourth-order valence-electron chi connectivity index (χ4n) is 3.72. The summed E-state index contributed by atoms with van der Waals surface area (Å²) >= 11 is 0.898. The van der Waals surface area contributed by atoms with Gasteiger partial charge in [0.25, 0.3) is 11.8 Å². The number of carbonyl (C=O) groups excluding carboxylic acids is 3. The molecule has 0 radical (unpaired) electrons. The van der Waals surface area contributed by atoms with Gasteiger partial charge in [0.15, 0.2) is 0 Å². The molecule has 8 nitrogen and oxygen atoms in total. The lowest BCUT2D eigenvalue weighted by molar-refractivity contribution is -0.121. The SMILES string of the molecule is Cc1cccc(NC(=O)C2CCN(C(=O)c3nnc(C(=O)Nc4ccc(F)cc4)s3)CC2)c1C. The Balaban J connectivity index is 1.31. The van der Waals surface area contributed by atoms with Gasteiger partial charge in [0, 0.05) is 30.4 Å². The molecule has 3 amide bonds. The Morgan fingerprint density at radius 2 is 1.65 bits per heavy atom. The second kappa shape index (κ2) is 10.1. The molecule has 176 valence electrons. The van der Waals surface area contributed by atoms with E-state index in [1.807, 2.05) is 32.0 Å². The van der Waals surface area contributed by atoms with Crippen LogP contribution in [0.2, 0.25) is 0 Å². The van der Waals surface area contributed by atoms with Crippen molar-refractivity contribution in [1.82, 2.24) is 15.1 Å². The molecule has 0 aliphatic carbocycles. The number of rotatable bonds is 5. The van der Waals surface area contributed by atoms with Crippen molar-refractivity contribution >= 4 is 40.4 Å². The molecule has 1 aliphatic rings. The third-order valence-corrected chi connectivity index (χ3v) is 6.83. The number of likely N-dealkylation sites (tertiary alicyclic amines) is 1. The summed E-state index contributed by atoms with van der Waals surface area (Å²) in [6.07, 6.45) is 1.08. The predicted octanol–water partition coefficient (Wildman–Crippen LogP) is 4.04. The maximum Gasteiger partial charge on any atom is 0.286 e. The number of nitrogens with zero attached hydrogens (tertiary/aromatic N) is 3. The molecular formula is C24H24FN5O3S. The van der Waals surface area contributed by atoms with E-state index in [0.717, 1.165) is 28.2 Å². The first kappa shape index (κ1) is 23.5. The van der Waals surface area contributed by atoms with Crippen LogP contribution in [0.3, 0.4) is 0 Å². The Hall–Kier alpha value is -3.66. The molecule has 4 rings (SSSR count). The number of nitrogens with one attached hydrogen (secondary N) is 2. The number of hydrogen-bond donors (Lipinski definition) is 2. The summed E-state index contributed by atoms with van der Waals surface area (Å²) in [6, 6.07) is 11.1. The van der Waals surface area contributed by atoms with Crippen LogP contribution in [-0.2, 0) is 4.79 Å². The van der Waals surface area contributed by atoms with Crippen LogP contribution in [0.4, 0.5) is 15.8 Å². The van der Waals surface area contributed by atoms with Gasteiger partial charge in [0.1, 0.15) is 5.82 Å². The highest BCUT2D eigenvalue weighted by atomic mass is 32.1. The normalized spacial score (nSPS) is 14.0. The molecule has 1 saturated heterocycles. The van der Waals surface area contributed by atoms with E-state index in [9.17, 15) is 18.8 Å². The number of benzene rings is 2. The van der Waals surface area contributed by atoms with Crippen molar-refractivity contribution in [1.29, 1.82) is 0 Å². The van der Waals surface area contributed by atoms with Gasteiger partial charge < -0.3 is 15.5 Å². The first-order valence-electron chi connectivity index (χ1n) is 10.9. The Morgan fingerprint density at radius 3 is 2.35 bits per heavy atom. The van der Waals surface area contributed by atoms with E-state index in [2.05, 4.69) is 20.8 Å². The number of amides is 3. The van der Waals surface area contributed by atoms with Crippen molar-refractivity contribution < 1.29 is 18.8 Å². The quantitative estimate of drug-likeness (QED) is 0.572. The van der Waals surface area contributed by atoms with Gasteiger partial charge in [-0.15, -0.1) is 10.2 Å². The molecule has 1 aromatic heterocycles. The number of halogens is 1. The second-order valence-corrected chi connectivity index (χ2v) is 9.15. The fraction of sp³-hybridized carbons (Fsp3) is 0.292. The molecule has 0 spiro atoms. The van der Waals surface area contributed by atoms with Gasteiger partial charge in [-0.05, 0) is 68.1 Å². The summed E-state index contributed by atoms with van der Waals surface area (Å²) in [4.78, 5) is 39.6. The van der Waals surface area contributed by atoms with Gasteiger partial charge in [0.2, 0.25) is 15.9 Å². The average Bonchev–Trinajstić information content (AvgIpc) is 3.34. The Kier molecular flexibility index (Phi) is 6.97. The molecule has 3 aromatic rings. The number of hydrogen-bond acceptors (Lipinski definition) is 6. The third kappa shape index (κ3) is 5.28. The van der Waals surface area contributed by atoms with Crippen molar-refractivity contribution in [2.24, 2.45) is 5.92 Å². The molecule has 1 aliphatic heterocycles. The van der Waals surface area contributed by atoms with E-state index < -0.39 is 11.7 Å². The molecule has 10 heteroatoms. The Labute approximate surface area is 200 Å². The standard InChI is InChI=1S/C24H24FN5O3S/c1-14-4-3-5-19(15(14)2)27-20(31)16-10-12-30(13-11-16)24(33)23-29-28-22(34-23)21(32)26-18-8-6-17(25)7-9-18/h3-9,16H,10-13H2,1-2H3,(H,26,32)(H,27,31). The molecule has 34 heavy (non-hydrogen) atoms. The molecule has 1 fully saturated rings. The van der Waals surface area contributed by atoms with E-state index in [1.165, 1.54) is 24.3 Å². The van der Waals surface area contributed by atoms with Gasteiger partial charge in [-0.3, -0.25) is 14.4 Å². The highest BCUT2D eigenvalue weighted by molar-refractivity contribution is 7.15. The van der Waals surface area contributed by atoms with Crippen molar-refractivity contribution in [2.75, 3.05) is 23.7 Å². The molecule has 2 heterocycles. The fourth-order valence-corrected chi connectivity index (χ4v) is 4.43. The maximum atomic E-state index is 13.0. The highest BCUT2D eigenvalue weighted by Gasteiger charge is 2.30. The highest BCUT2D eigenvalue weighted by Crippen LogP contribution is 2.24. The van der Waals surface area contributed by atoms with Crippen LogP contribution in [0.5, 0.6) is 0 Å². The summed E-state index contributed by atoms with van der Waals surface area (Å²) in [5.74, 6) is -1.48. The first-order chi connectivity index (χ1) is 16.3. The lowest BCUT2D eigenvalue weighted by Crippen LogP contribution is -2.41. The monoisotopic (exact) mass is 481 g/mol. The number of anilines is 2. The second-order valence-electron chi connectivity index (χ2n) is 8.18. The third-order valence-electron chi connectivity index (χ3n) is 5.92. The Morgan fingerprint density at radius 1 is 0.971 bits per heavy atom. The van der Waals surface area contributed by atoms with Gasteiger partial charge in [-0.2, -0.15) is 0 Å². The summed E-state index contributed by atoms with van der Waals surface area (Å²) in [5.41, 5.74) is 3.37. The zero-order valence-corrected chi connectivity index (χ0v) is 19.6. The van der Waals surface area contributed by atoms with Crippen molar-refractivity contribution in [3.63, 3.8) is 0 Å². The average molecular weight is 482 g/mol. The minimum Gasteiger partial charge on any atom is -0.336 e. The molecule has 2 aromatic carbocycles. The largest absolute Gasteiger partial charge is 0.336 e. The zero-order valence-electron chi connectivity index (χ0n) is 18.8. The summed E-state index contributed by atoms with van der Waals surface area (Å²) in [6.45, 7) is 4.81. The molecule has 0 bridgehead atoms. The molecule has 0 atom stereocenters. The van der Waals surface area contributed by atoms with E-state index in [0.29, 0.717) is 31.6 Å². The molecule has 2 N–H and O–H groups in total. The predicted molar refractivity (Wildman–Crippen MR) is 127 cm³/mol. The van der Waals surface area contributed by atoms with Crippen LogP contribution < -0.4 is 10.6 Å². The number of aromatic nitrogens is 2. The zero-order chi connectivity index (χ0) is 24.2. The lowest BCUT2D eigenvalue weighted by atomic mass is 9.95. The van der Waals surface area contributed by atoms with E-state index in [-0.39, 0.29) is 27.7 Å². The van der Waals surface area contributed by atoms with E-state index >= 15 is 0 Å². The summed E-state index contributed by atoms with van der Waals surface area (Å²) in [7, 11) is 0. The minimum absolute atomic E-state index is 0.0375. The Bertz CT molecular complexity index is 1220. The van der Waals surface area contributed by atoms with E-state index in [1.54, 1.807) is 4.90 Å². The van der Waals surface area contributed by atoms with Gasteiger partial charge >= 0.3 is 0 Å². The van der Waals surface area contributed by atoms with Crippen LogP contribution in [0, 0.1) is 25.6 Å². The summed E-state index contributed by atoms with van der Waals surface area (Å²) < 4.78 is 13.0. The van der Waals surface area contributed by atoms with Gasteiger partial charge in [-0.25, -0.2) is 4.39 Å². The topological polar surface area (TPSA) is 104 Å². The molecular weight excluding hydrogens is 457 g/mol. The van der Waals surface area contributed by atoms with Crippen LogP contribution in [0.15, 0.2) is 42.5 Å². The van der Waals surface area contributed by atoms with E-state index in [4.69, 9.17) is 0 Å². The first-order valence-corrected chi connectivity index (χ1v) is 11.7.